The molecule has 2 N–H and O–H groups in total. The Morgan fingerprint density at radius 2 is 1.89 bits per heavy atom. The van der Waals surface area contributed by atoms with Crippen LogP contribution in [0.4, 0.5) is 10.1 Å². The Labute approximate surface area is 156 Å². The summed E-state index contributed by atoms with van der Waals surface area (Å²) >= 11 is 0. The van der Waals surface area contributed by atoms with E-state index in [1.807, 2.05) is 9.47 Å². The van der Waals surface area contributed by atoms with Crippen LogP contribution in [0.1, 0.15) is 48.7 Å². The van der Waals surface area contributed by atoms with Crippen molar-refractivity contribution in [1.29, 1.82) is 0 Å². The second-order valence-electron chi connectivity index (χ2n) is 7.92. The molecule has 4 rings (SSSR count). The second kappa shape index (κ2) is 6.34. The predicted octanol–water partition coefficient (Wildman–Crippen LogP) is 2.67. The summed E-state index contributed by atoms with van der Waals surface area (Å²) in [5.74, 6) is -1.71. The largest absolute Gasteiger partial charge is 0.477 e. The third-order valence-corrected chi connectivity index (χ3v) is 5.55. The highest BCUT2D eigenvalue weighted by atomic mass is 19.1. The summed E-state index contributed by atoms with van der Waals surface area (Å²) in [5, 5.41) is 13.0. The number of carbonyl (C=O) groups is 1. The highest BCUT2D eigenvalue weighted by Crippen LogP contribution is 2.39. The highest BCUT2D eigenvalue weighted by Gasteiger charge is 2.30. The van der Waals surface area contributed by atoms with Crippen LogP contribution in [0, 0.1) is 12.7 Å². The summed E-state index contributed by atoms with van der Waals surface area (Å²) in [6.45, 7) is 7.04. The van der Waals surface area contributed by atoms with Crippen molar-refractivity contribution in [2.45, 2.75) is 51.7 Å². The van der Waals surface area contributed by atoms with Crippen LogP contribution in [0.2, 0.25) is 0 Å². The van der Waals surface area contributed by atoms with Crippen molar-refractivity contribution >= 4 is 22.6 Å². The van der Waals surface area contributed by atoms with Gasteiger partial charge in [-0.1, -0.05) is 0 Å². The zero-order valence-corrected chi connectivity index (χ0v) is 15.8. The monoisotopic (exact) mass is 373 g/mol. The van der Waals surface area contributed by atoms with Gasteiger partial charge in [-0.3, -0.25) is 4.79 Å². The zero-order chi connectivity index (χ0) is 19.5. The lowest BCUT2D eigenvalue weighted by atomic mass is 10.0. The lowest BCUT2D eigenvalue weighted by molar-refractivity contribution is 0.0695. The number of pyridine rings is 1. The molecule has 144 valence electrons. The second-order valence-corrected chi connectivity index (χ2v) is 7.92. The number of aromatic carboxylic acids is 1. The number of hydrogen-bond donors (Lipinski definition) is 2. The maximum absolute atomic E-state index is 15.3. The molecule has 0 bridgehead atoms. The van der Waals surface area contributed by atoms with E-state index in [9.17, 15) is 14.7 Å². The Kier molecular flexibility index (Phi) is 4.22. The molecule has 1 aromatic carbocycles. The Morgan fingerprint density at radius 1 is 1.26 bits per heavy atom. The molecule has 2 aliphatic rings. The fraction of sp³-hybridized carbons (Fsp3) is 0.500. The van der Waals surface area contributed by atoms with Crippen LogP contribution in [-0.4, -0.2) is 40.8 Å². The van der Waals surface area contributed by atoms with E-state index in [0.717, 1.165) is 12.8 Å². The van der Waals surface area contributed by atoms with Gasteiger partial charge in [0.15, 0.2) is 0 Å². The number of halogens is 1. The number of anilines is 1. The first-order valence-electron chi connectivity index (χ1n) is 9.40. The van der Waals surface area contributed by atoms with E-state index >= 15 is 4.39 Å². The number of nitrogens with zero attached hydrogens (tertiary/aromatic N) is 2. The molecule has 6 nitrogen and oxygen atoms in total. The Morgan fingerprint density at radius 3 is 2.44 bits per heavy atom. The number of fused-ring (bicyclic) bond motifs is 1. The molecule has 7 heteroatoms. The van der Waals surface area contributed by atoms with Crippen LogP contribution < -0.4 is 15.6 Å². The Balaban J connectivity index is 1.97. The van der Waals surface area contributed by atoms with Gasteiger partial charge in [0.05, 0.1) is 16.6 Å². The summed E-state index contributed by atoms with van der Waals surface area (Å²) in [4.78, 5) is 26.3. The molecule has 1 aliphatic heterocycles. The summed E-state index contributed by atoms with van der Waals surface area (Å²) in [6.07, 6.45) is 3.30. The van der Waals surface area contributed by atoms with Crippen LogP contribution in [0.5, 0.6) is 0 Å². The van der Waals surface area contributed by atoms with Crippen molar-refractivity contribution in [1.82, 2.24) is 9.88 Å². The fourth-order valence-corrected chi connectivity index (χ4v) is 4.21. The topological polar surface area (TPSA) is 74.6 Å². The lowest BCUT2D eigenvalue weighted by Gasteiger charge is -2.38. The fourth-order valence-electron chi connectivity index (χ4n) is 4.21. The first kappa shape index (κ1) is 18.0. The average molecular weight is 373 g/mol. The molecule has 1 saturated heterocycles. The number of piperazine rings is 1. The van der Waals surface area contributed by atoms with Gasteiger partial charge in [-0.05, 0) is 39.7 Å². The zero-order valence-electron chi connectivity index (χ0n) is 15.8. The molecule has 2 fully saturated rings. The van der Waals surface area contributed by atoms with E-state index in [2.05, 4.69) is 19.2 Å². The minimum atomic E-state index is -1.27. The van der Waals surface area contributed by atoms with Crippen molar-refractivity contribution < 1.29 is 14.3 Å². The predicted molar refractivity (Wildman–Crippen MR) is 102 cm³/mol. The van der Waals surface area contributed by atoms with Crippen LogP contribution in [-0.2, 0) is 0 Å². The van der Waals surface area contributed by atoms with Crippen LogP contribution in [0.3, 0.4) is 0 Å². The lowest BCUT2D eigenvalue weighted by Crippen LogP contribution is -2.54. The van der Waals surface area contributed by atoms with Crippen molar-refractivity contribution in [3.8, 4) is 0 Å². The van der Waals surface area contributed by atoms with E-state index < -0.39 is 17.2 Å². The quantitative estimate of drug-likeness (QED) is 0.865. The number of carboxylic acids is 1. The van der Waals surface area contributed by atoms with Crippen LogP contribution >= 0.6 is 0 Å². The number of carboxylic acid groups (broad SMARTS) is 1. The number of rotatable bonds is 3. The van der Waals surface area contributed by atoms with Crippen molar-refractivity contribution in [3.63, 3.8) is 0 Å². The van der Waals surface area contributed by atoms with Gasteiger partial charge >= 0.3 is 5.97 Å². The van der Waals surface area contributed by atoms with E-state index in [-0.39, 0.29) is 34.6 Å². The van der Waals surface area contributed by atoms with E-state index in [4.69, 9.17) is 0 Å². The van der Waals surface area contributed by atoms with Gasteiger partial charge in [0.25, 0.3) is 0 Å². The van der Waals surface area contributed by atoms with Gasteiger partial charge in [0.2, 0.25) is 5.43 Å². The maximum Gasteiger partial charge on any atom is 0.341 e. The van der Waals surface area contributed by atoms with Crippen LogP contribution in [0.15, 0.2) is 17.1 Å². The molecular weight excluding hydrogens is 349 g/mol. The summed E-state index contributed by atoms with van der Waals surface area (Å²) in [7, 11) is 0. The third-order valence-electron chi connectivity index (χ3n) is 5.55. The molecule has 1 saturated carbocycles. The number of benzene rings is 1. The highest BCUT2D eigenvalue weighted by molar-refractivity contribution is 5.95. The molecule has 1 aliphatic carbocycles. The van der Waals surface area contributed by atoms with E-state index in [1.54, 1.807) is 13.0 Å². The Bertz CT molecular complexity index is 986. The third kappa shape index (κ3) is 3.00. The first-order chi connectivity index (χ1) is 12.8. The number of nitrogens with one attached hydrogen (secondary N) is 1. The molecule has 0 unspecified atom stereocenters. The number of aryl methyl sites for hydroxylation is 1. The van der Waals surface area contributed by atoms with E-state index in [0.29, 0.717) is 24.3 Å². The minimum absolute atomic E-state index is 0.171. The van der Waals surface area contributed by atoms with Crippen molar-refractivity contribution in [3.05, 3.63) is 39.4 Å². The molecule has 0 amide bonds. The summed E-state index contributed by atoms with van der Waals surface area (Å²) in [6, 6.07) is 2.35. The van der Waals surface area contributed by atoms with Gasteiger partial charge < -0.3 is 19.9 Å². The number of hydrogen-bond acceptors (Lipinski definition) is 4. The van der Waals surface area contributed by atoms with Gasteiger partial charge in [0.1, 0.15) is 11.4 Å². The standard InChI is InChI=1S/C20H24FN3O3/c1-10-7-23(8-11(2)22-10)16-6-15-17(12(3)18(16)21)19(25)14(20(26)27)9-24(15)13-4-5-13/h6,9-11,13,22H,4-5,7-8H2,1-3H3,(H,26,27)/t10-,11+. The van der Waals surface area contributed by atoms with Crippen LogP contribution in [0.25, 0.3) is 10.9 Å². The maximum atomic E-state index is 15.3. The first-order valence-corrected chi connectivity index (χ1v) is 9.40. The summed E-state index contributed by atoms with van der Waals surface area (Å²) in [5.41, 5.74) is 0.426. The molecule has 27 heavy (non-hydrogen) atoms. The molecular formula is C20H24FN3O3. The normalized spacial score (nSPS) is 23.0. The van der Waals surface area contributed by atoms with Crippen molar-refractivity contribution in [2.75, 3.05) is 18.0 Å². The molecule has 0 radical (unpaired) electrons. The average Bonchev–Trinajstić information content (AvgIpc) is 3.41. The molecule has 2 aromatic rings. The smallest absolute Gasteiger partial charge is 0.341 e. The van der Waals surface area contributed by atoms with Gasteiger partial charge in [-0.2, -0.15) is 0 Å². The number of aromatic nitrogens is 1. The molecule has 2 heterocycles. The minimum Gasteiger partial charge on any atom is -0.477 e. The SMILES string of the molecule is Cc1c(F)c(N2C[C@@H](C)N[C@@H](C)C2)cc2c1c(=O)c(C(=O)O)cn2C1CC1. The Hall–Kier alpha value is -2.41. The van der Waals surface area contributed by atoms with Gasteiger partial charge in [-0.25, -0.2) is 9.18 Å². The molecule has 0 spiro atoms. The van der Waals surface area contributed by atoms with Gasteiger partial charge in [0, 0.05) is 43.0 Å². The summed E-state index contributed by atoms with van der Waals surface area (Å²) < 4.78 is 17.1. The van der Waals surface area contributed by atoms with E-state index in [1.165, 1.54) is 6.20 Å². The van der Waals surface area contributed by atoms with Gasteiger partial charge in [-0.15, -0.1) is 0 Å². The molecule has 1 aromatic heterocycles. The molecule has 2 atom stereocenters. The van der Waals surface area contributed by atoms with Crippen molar-refractivity contribution in [2.24, 2.45) is 0 Å².